The number of amides is 1. The monoisotopic (exact) mass is 555 g/mol. The lowest BCUT2D eigenvalue weighted by molar-refractivity contribution is -0.143. The van der Waals surface area contributed by atoms with Crippen LogP contribution in [-0.4, -0.2) is 66.4 Å². The molecule has 1 amide bonds. The summed E-state index contributed by atoms with van der Waals surface area (Å²) in [6.07, 6.45) is -3.76. The van der Waals surface area contributed by atoms with Crippen molar-refractivity contribution in [1.29, 1.82) is 0 Å². The minimum Gasteiger partial charge on any atom is -0.344 e. The molecule has 0 N–H and O–H groups in total. The Morgan fingerprint density at radius 1 is 0.872 bits per heavy atom. The van der Waals surface area contributed by atoms with Crippen LogP contribution in [-0.2, 0) is 23.6 Å². The van der Waals surface area contributed by atoms with Crippen LogP contribution in [0.15, 0.2) is 48.5 Å². The second-order valence-corrected chi connectivity index (χ2v) is 10.6. The van der Waals surface area contributed by atoms with Gasteiger partial charge in [0.1, 0.15) is 6.04 Å². The van der Waals surface area contributed by atoms with E-state index in [9.17, 15) is 31.1 Å². The summed E-state index contributed by atoms with van der Waals surface area (Å²) in [5.74, 6) is -0.227. The normalized spacial score (nSPS) is 19.2. The molecule has 1 saturated heterocycles. The second kappa shape index (κ2) is 12.3. The van der Waals surface area contributed by atoms with Crippen molar-refractivity contribution < 1.29 is 31.1 Å². The number of likely N-dealkylation sites (N-methyl/N-ethyl adjacent to an activating group) is 1. The standard InChI is InChI=1S/C29H35F6N3O/c1-36(13-12-21-18-23(28(30,31)32)20-24(19-21)29(33,34)35)27(39)26(22-8-4-2-5-9-22)38-16-14-37(15-17-38)25-10-6-3-7-11-25/h2,4-5,8-9,18-20,25-26H,3,6-7,10-17H2,1H3. The summed E-state index contributed by atoms with van der Waals surface area (Å²) in [6.45, 7) is 3.12. The molecule has 2 aromatic rings. The van der Waals surface area contributed by atoms with Gasteiger partial charge in [0, 0.05) is 45.8 Å². The summed E-state index contributed by atoms with van der Waals surface area (Å²) in [5.41, 5.74) is -1.99. The van der Waals surface area contributed by atoms with Crippen molar-refractivity contribution in [3.63, 3.8) is 0 Å². The molecule has 1 aliphatic heterocycles. The van der Waals surface area contributed by atoms with Crippen molar-refractivity contribution in [2.45, 2.75) is 63.0 Å². The Hall–Kier alpha value is -2.59. The third-order valence-corrected chi connectivity index (χ3v) is 7.91. The number of hydrogen-bond acceptors (Lipinski definition) is 3. The van der Waals surface area contributed by atoms with Crippen LogP contribution in [0.2, 0.25) is 0 Å². The Kier molecular flexibility index (Phi) is 9.26. The van der Waals surface area contributed by atoms with Gasteiger partial charge in [-0.05, 0) is 48.6 Å². The largest absolute Gasteiger partial charge is 0.416 e. The lowest BCUT2D eigenvalue weighted by Gasteiger charge is -2.43. The van der Waals surface area contributed by atoms with Crippen molar-refractivity contribution in [2.75, 3.05) is 39.8 Å². The van der Waals surface area contributed by atoms with Crippen LogP contribution in [0.3, 0.4) is 0 Å². The molecular formula is C29H35F6N3O. The van der Waals surface area contributed by atoms with E-state index < -0.39 is 29.5 Å². The van der Waals surface area contributed by atoms with E-state index in [2.05, 4.69) is 9.80 Å². The first-order valence-corrected chi connectivity index (χ1v) is 13.5. The molecule has 2 aromatic carbocycles. The fourth-order valence-electron chi connectivity index (χ4n) is 5.73. The fraction of sp³-hybridized carbons (Fsp3) is 0.552. The van der Waals surface area contributed by atoms with Crippen LogP contribution < -0.4 is 0 Å². The smallest absolute Gasteiger partial charge is 0.344 e. The number of carbonyl (C=O) groups excluding carboxylic acids is 1. The highest BCUT2D eigenvalue weighted by molar-refractivity contribution is 5.83. The maximum Gasteiger partial charge on any atom is 0.416 e. The molecule has 4 nitrogen and oxygen atoms in total. The van der Waals surface area contributed by atoms with Crippen molar-refractivity contribution >= 4 is 5.91 Å². The molecule has 39 heavy (non-hydrogen) atoms. The molecule has 0 aromatic heterocycles. The van der Waals surface area contributed by atoms with Gasteiger partial charge in [-0.1, -0.05) is 49.6 Å². The fourth-order valence-corrected chi connectivity index (χ4v) is 5.73. The summed E-state index contributed by atoms with van der Waals surface area (Å²) in [6, 6.07) is 10.9. The van der Waals surface area contributed by atoms with Crippen molar-refractivity contribution in [3.05, 3.63) is 70.8 Å². The van der Waals surface area contributed by atoms with Crippen LogP contribution in [0.1, 0.15) is 60.4 Å². The van der Waals surface area contributed by atoms with Gasteiger partial charge in [-0.15, -0.1) is 0 Å². The number of rotatable bonds is 7. The van der Waals surface area contributed by atoms with E-state index in [-0.39, 0.29) is 30.5 Å². The highest BCUT2D eigenvalue weighted by Gasteiger charge is 2.37. The number of carbonyl (C=O) groups is 1. The van der Waals surface area contributed by atoms with Gasteiger partial charge in [-0.25, -0.2) is 0 Å². The molecular weight excluding hydrogens is 520 g/mol. The Morgan fingerprint density at radius 3 is 1.97 bits per heavy atom. The average molecular weight is 556 g/mol. The number of nitrogens with zero attached hydrogens (tertiary/aromatic N) is 3. The van der Waals surface area contributed by atoms with Crippen molar-refractivity contribution in [1.82, 2.24) is 14.7 Å². The van der Waals surface area contributed by atoms with Gasteiger partial charge in [0.25, 0.3) is 0 Å². The molecule has 1 unspecified atom stereocenters. The zero-order valence-electron chi connectivity index (χ0n) is 22.1. The number of piperazine rings is 1. The number of alkyl halides is 6. The van der Waals surface area contributed by atoms with Gasteiger partial charge < -0.3 is 4.90 Å². The van der Waals surface area contributed by atoms with E-state index in [4.69, 9.17) is 0 Å². The molecule has 1 aliphatic carbocycles. The first-order valence-electron chi connectivity index (χ1n) is 13.5. The molecule has 10 heteroatoms. The third-order valence-electron chi connectivity index (χ3n) is 7.91. The first-order chi connectivity index (χ1) is 18.4. The van der Waals surface area contributed by atoms with E-state index in [1.807, 2.05) is 30.3 Å². The topological polar surface area (TPSA) is 26.8 Å². The molecule has 214 valence electrons. The first kappa shape index (κ1) is 29.4. The maximum absolute atomic E-state index is 13.7. The quantitative estimate of drug-likeness (QED) is 0.369. The molecule has 1 saturated carbocycles. The lowest BCUT2D eigenvalue weighted by atomic mass is 9.93. The van der Waals surface area contributed by atoms with Crippen molar-refractivity contribution in [3.8, 4) is 0 Å². The molecule has 1 atom stereocenters. The Balaban J connectivity index is 1.47. The summed E-state index contributed by atoms with van der Waals surface area (Å²) in [7, 11) is 1.55. The Bertz CT molecular complexity index is 1060. The van der Waals surface area contributed by atoms with E-state index >= 15 is 0 Å². The molecule has 0 radical (unpaired) electrons. The zero-order chi connectivity index (χ0) is 28.2. The summed E-state index contributed by atoms with van der Waals surface area (Å²) < 4.78 is 79.6. The predicted molar refractivity (Wildman–Crippen MR) is 137 cm³/mol. The minimum atomic E-state index is -4.91. The average Bonchev–Trinajstić information content (AvgIpc) is 2.92. The van der Waals surface area contributed by atoms with Crippen molar-refractivity contribution in [2.24, 2.45) is 0 Å². The highest BCUT2D eigenvalue weighted by Crippen LogP contribution is 2.36. The molecule has 4 rings (SSSR count). The van der Waals surface area contributed by atoms with Gasteiger partial charge in [0.05, 0.1) is 11.1 Å². The Labute approximate surface area is 225 Å². The van der Waals surface area contributed by atoms with E-state index in [0.717, 1.165) is 30.8 Å². The predicted octanol–water partition coefficient (Wildman–Crippen LogP) is 6.42. The number of benzene rings is 2. The maximum atomic E-state index is 13.7. The summed E-state index contributed by atoms with van der Waals surface area (Å²) >= 11 is 0. The van der Waals surface area contributed by atoms with Crippen LogP contribution >= 0.6 is 0 Å². The summed E-state index contributed by atoms with van der Waals surface area (Å²) in [5, 5.41) is 0. The van der Waals surface area contributed by atoms with Crippen LogP contribution in [0.25, 0.3) is 0 Å². The highest BCUT2D eigenvalue weighted by atomic mass is 19.4. The van der Waals surface area contributed by atoms with E-state index in [0.29, 0.717) is 19.1 Å². The lowest BCUT2D eigenvalue weighted by Crippen LogP contribution is -2.54. The Morgan fingerprint density at radius 2 is 1.44 bits per heavy atom. The second-order valence-electron chi connectivity index (χ2n) is 10.6. The van der Waals surface area contributed by atoms with Gasteiger partial charge in [-0.2, -0.15) is 26.3 Å². The molecule has 1 heterocycles. The number of halogens is 6. The molecule has 0 bridgehead atoms. The molecule has 2 fully saturated rings. The number of hydrogen-bond donors (Lipinski definition) is 0. The van der Waals surface area contributed by atoms with Gasteiger partial charge in [-0.3, -0.25) is 14.6 Å². The minimum absolute atomic E-state index is 0.0111. The van der Waals surface area contributed by atoms with Gasteiger partial charge >= 0.3 is 12.4 Å². The van der Waals surface area contributed by atoms with E-state index in [1.54, 1.807) is 7.05 Å². The molecule has 0 spiro atoms. The van der Waals surface area contributed by atoms with Gasteiger partial charge in [0.2, 0.25) is 5.91 Å². The van der Waals surface area contributed by atoms with E-state index in [1.165, 1.54) is 37.0 Å². The van der Waals surface area contributed by atoms with Crippen LogP contribution in [0.5, 0.6) is 0 Å². The summed E-state index contributed by atoms with van der Waals surface area (Å²) in [4.78, 5) is 19.8. The SMILES string of the molecule is CN(CCc1cc(C(F)(F)F)cc(C(F)(F)F)c1)C(=O)C(c1ccccc1)N1CCN(C2CCCCC2)CC1. The van der Waals surface area contributed by atoms with Gasteiger partial charge in [0.15, 0.2) is 0 Å². The van der Waals surface area contributed by atoms with Crippen LogP contribution in [0.4, 0.5) is 26.3 Å². The zero-order valence-corrected chi connectivity index (χ0v) is 22.1. The molecule has 2 aliphatic rings. The third kappa shape index (κ3) is 7.54. The van der Waals surface area contributed by atoms with Crippen LogP contribution in [0, 0.1) is 0 Å².